The van der Waals surface area contributed by atoms with Gasteiger partial charge in [-0.3, -0.25) is 4.79 Å². The molecular weight excluding hydrogens is 396 g/mol. The smallest absolute Gasteiger partial charge is 0.387 e. The van der Waals surface area contributed by atoms with Crippen molar-refractivity contribution in [1.29, 1.82) is 0 Å². The van der Waals surface area contributed by atoms with Crippen LogP contribution in [0.5, 0.6) is 11.5 Å². The highest BCUT2D eigenvalue weighted by Gasteiger charge is 2.30. The normalized spacial score (nSPS) is 15.4. The molecular formula is C22H21F2NO5. The molecule has 2 aromatic carbocycles. The van der Waals surface area contributed by atoms with Crippen LogP contribution in [0.1, 0.15) is 18.1 Å². The van der Waals surface area contributed by atoms with E-state index in [0.29, 0.717) is 5.56 Å². The molecule has 0 fully saturated rings. The highest BCUT2D eigenvalue weighted by molar-refractivity contribution is 5.98. The van der Waals surface area contributed by atoms with Crippen LogP contribution >= 0.6 is 0 Å². The van der Waals surface area contributed by atoms with Crippen LogP contribution in [0.2, 0.25) is 0 Å². The summed E-state index contributed by atoms with van der Waals surface area (Å²) >= 11 is 0. The quantitative estimate of drug-likeness (QED) is 0.506. The number of carbonyl (C=O) groups excluding carboxylic acids is 2. The maximum Gasteiger partial charge on any atom is 0.387 e. The summed E-state index contributed by atoms with van der Waals surface area (Å²) < 4.78 is 39.2. The second-order valence-corrected chi connectivity index (χ2v) is 6.68. The van der Waals surface area contributed by atoms with Gasteiger partial charge in [-0.05, 0) is 48.7 Å². The van der Waals surface area contributed by atoms with Gasteiger partial charge in [0.05, 0.1) is 7.11 Å². The first-order valence-electron chi connectivity index (χ1n) is 9.26. The van der Waals surface area contributed by atoms with E-state index in [1.807, 2.05) is 31.2 Å². The van der Waals surface area contributed by atoms with Crippen LogP contribution in [-0.4, -0.2) is 38.2 Å². The number of anilines is 1. The van der Waals surface area contributed by atoms with Crippen molar-refractivity contribution < 1.29 is 32.6 Å². The molecule has 0 saturated heterocycles. The Morgan fingerprint density at radius 1 is 1.20 bits per heavy atom. The molecule has 1 aliphatic rings. The van der Waals surface area contributed by atoms with Gasteiger partial charge in [-0.2, -0.15) is 8.78 Å². The summed E-state index contributed by atoms with van der Waals surface area (Å²) in [7, 11) is 1.32. The van der Waals surface area contributed by atoms with Gasteiger partial charge >= 0.3 is 12.6 Å². The van der Waals surface area contributed by atoms with Gasteiger partial charge in [0.25, 0.3) is 5.91 Å². The number of ether oxygens (including phenoxy) is 3. The molecule has 1 amide bonds. The zero-order valence-corrected chi connectivity index (χ0v) is 16.5. The summed E-state index contributed by atoms with van der Waals surface area (Å²) in [4.78, 5) is 26.2. The molecule has 0 bridgehead atoms. The molecule has 30 heavy (non-hydrogen) atoms. The first-order valence-corrected chi connectivity index (χ1v) is 9.26. The molecule has 8 heteroatoms. The summed E-state index contributed by atoms with van der Waals surface area (Å²) in [6, 6.07) is 11.8. The SMILES string of the molecule is COc1cc(/C=C/C(=O)OCC(=O)N2c3ccccc3CC2C)ccc1OC(F)F. The zero-order chi connectivity index (χ0) is 21.7. The van der Waals surface area contributed by atoms with Crippen LogP contribution in [-0.2, 0) is 20.7 Å². The number of hydrogen-bond acceptors (Lipinski definition) is 5. The molecule has 2 aromatic rings. The predicted octanol–water partition coefficient (Wildman–Crippen LogP) is 3.83. The van der Waals surface area contributed by atoms with E-state index in [-0.39, 0.29) is 30.1 Å². The fraction of sp³-hybridized carbons (Fsp3) is 0.273. The Morgan fingerprint density at radius 2 is 1.97 bits per heavy atom. The molecule has 1 heterocycles. The van der Waals surface area contributed by atoms with Gasteiger partial charge in [-0.1, -0.05) is 24.3 Å². The number of carbonyl (C=O) groups is 2. The van der Waals surface area contributed by atoms with Crippen LogP contribution < -0.4 is 14.4 Å². The molecule has 1 atom stereocenters. The Labute approximate surface area is 172 Å². The molecule has 0 aromatic heterocycles. The Morgan fingerprint density at radius 3 is 2.70 bits per heavy atom. The third kappa shape index (κ3) is 4.94. The summed E-state index contributed by atoms with van der Waals surface area (Å²) in [5, 5.41) is 0. The minimum absolute atomic E-state index is 0.00872. The van der Waals surface area contributed by atoms with E-state index >= 15 is 0 Å². The molecule has 1 aliphatic heterocycles. The lowest BCUT2D eigenvalue weighted by atomic mass is 10.1. The summed E-state index contributed by atoms with van der Waals surface area (Å²) in [6.45, 7) is -1.42. The lowest BCUT2D eigenvalue weighted by Crippen LogP contribution is -2.38. The number of benzene rings is 2. The van der Waals surface area contributed by atoms with E-state index in [4.69, 9.17) is 9.47 Å². The first-order chi connectivity index (χ1) is 14.4. The van der Waals surface area contributed by atoms with Crippen molar-refractivity contribution >= 4 is 23.6 Å². The number of amides is 1. The molecule has 0 radical (unpaired) electrons. The molecule has 1 unspecified atom stereocenters. The average molecular weight is 417 g/mol. The van der Waals surface area contributed by atoms with Gasteiger partial charge in [0.1, 0.15) is 0 Å². The van der Waals surface area contributed by atoms with E-state index in [1.54, 1.807) is 4.90 Å². The highest BCUT2D eigenvalue weighted by Crippen LogP contribution is 2.32. The summed E-state index contributed by atoms with van der Waals surface area (Å²) in [6.07, 6.45) is 3.33. The topological polar surface area (TPSA) is 65.1 Å². The lowest BCUT2D eigenvalue weighted by Gasteiger charge is -2.22. The number of hydrogen-bond donors (Lipinski definition) is 0. The van der Waals surface area contributed by atoms with E-state index in [0.717, 1.165) is 23.7 Å². The number of esters is 1. The lowest BCUT2D eigenvalue weighted by molar-refractivity contribution is -0.143. The van der Waals surface area contributed by atoms with E-state index in [2.05, 4.69) is 4.74 Å². The van der Waals surface area contributed by atoms with Gasteiger partial charge < -0.3 is 19.1 Å². The molecule has 0 saturated carbocycles. The number of alkyl halides is 2. The second kappa shape index (κ2) is 9.39. The largest absolute Gasteiger partial charge is 0.493 e. The monoisotopic (exact) mass is 417 g/mol. The molecule has 0 N–H and O–H groups in total. The van der Waals surface area contributed by atoms with E-state index in [9.17, 15) is 18.4 Å². The van der Waals surface area contributed by atoms with Gasteiger partial charge in [0.2, 0.25) is 0 Å². The fourth-order valence-electron chi connectivity index (χ4n) is 3.34. The van der Waals surface area contributed by atoms with Crippen LogP contribution in [0.25, 0.3) is 6.08 Å². The summed E-state index contributed by atoms with van der Waals surface area (Å²) in [5.74, 6) is -1.01. The molecule has 158 valence electrons. The van der Waals surface area contributed by atoms with E-state index < -0.39 is 12.6 Å². The average Bonchev–Trinajstić information content (AvgIpc) is 3.06. The van der Waals surface area contributed by atoms with Crippen LogP contribution in [0.4, 0.5) is 14.5 Å². The van der Waals surface area contributed by atoms with Crippen LogP contribution in [0, 0.1) is 0 Å². The predicted molar refractivity (Wildman–Crippen MR) is 107 cm³/mol. The molecule has 6 nitrogen and oxygen atoms in total. The Balaban J connectivity index is 1.58. The molecule has 0 spiro atoms. The van der Waals surface area contributed by atoms with Crippen molar-refractivity contribution in [1.82, 2.24) is 0 Å². The molecule has 0 aliphatic carbocycles. The molecule has 3 rings (SSSR count). The third-order valence-corrected chi connectivity index (χ3v) is 4.63. The number of rotatable bonds is 7. The standard InChI is InChI=1S/C22H21F2NO5/c1-14-11-16-5-3-4-6-17(16)25(14)20(26)13-29-21(27)10-8-15-7-9-18(30-22(23)24)19(12-15)28-2/h3-10,12,14,22H,11,13H2,1-2H3/b10-8+. The minimum Gasteiger partial charge on any atom is -0.493 e. The maximum atomic E-state index is 12.5. The van der Waals surface area contributed by atoms with Crippen molar-refractivity contribution in [2.24, 2.45) is 0 Å². The van der Waals surface area contributed by atoms with Crippen molar-refractivity contribution in [3.63, 3.8) is 0 Å². The van der Waals surface area contributed by atoms with Crippen LogP contribution in [0.3, 0.4) is 0 Å². The highest BCUT2D eigenvalue weighted by atomic mass is 19.3. The van der Waals surface area contributed by atoms with Crippen molar-refractivity contribution in [2.75, 3.05) is 18.6 Å². The zero-order valence-electron chi connectivity index (χ0n) is 16.5. The number of para-hydroxylation sites is 1. The minimum atomic E-state index is -2.97. The third-order valence-electron chi connectivity index (χ3n) is 4.63. The fourth-order valence-corrected chi connectivity index (χ4v) is 3.34. The Kier molecular flexibility index (Phi) is 6.66. The van der Waals surface area contributed by atoms with Gasteiger partial charge in [-0.25, -0.2) is 4.79 Å². The van der Waals surface area contributed by atoms with E-state index in [1.165, 1.54) is 31.4 Å². The van der Waals surface area contributed by atoms with Crippen molar-refractivity contribution in [3.05, 3.63) is 59.7 Å². The van der Waals surface area contributed by atoms with Gasteiger partial charge in [-0.15, -0.1) is 0 Å². The Hall–Kier alpha value is -3.42. The summed E-state index contributed by atoms with van der Waals surface area (Å²) in [5.41, 5.74) is 2.43. The first kappa shape index (κ1) is 21.3. The number of nitrogens with zero attached hydrogens (tertiary/aromatic N) is 1. The van der Waals surface area contributed by atoms with Gasteiger partial charge in [0, 0.05) is 17.8 Å². The maximum absolute atomic E-state index is 12.5. The second-order valence-electron chi connectivity index (χ2n) is 6.68. The van der Waals surface area contributed by atoms with Gasteiger partial charge in [0.15, 0.2) is 18.1 Å². The number of methoxy groups -OCH3 is 1. The van der Waals surface area contributed by atoms with Crippen LogP contribution in [0.15, 0.2) is 48.5 Å². The van der Waals surface area contributed by atoms with Crippen molar-refractivity contribution in [3.8, 4) is 11.5 Å². The Bertz CT molecular complexity index is 960. The van der Waals surface area contributed by atoms with Crippen molar-refractivity contribution in [2.45, 2.75) is 26.0 Å². The number of fused-ring (bicyclic) bond motifs is 1. The number of halogens is 2.